The Morgan fingerprint density at radius 1 is 1.19 bits per heavy atom. The Hall–Kier alpha value is -2.40. The molecule has 1 atom stereocenters. The minimum atomic E-state index is -0.0116. The average Bonchev–Trinajstić information content (AvgIpc) is 2.66. The highest BCUT2D eigenvalue weighted by atomic mass is 16.5. The largest absolute Gasteiger partial charge is 0.497 e. The minimum absolute atomic E-state index is 0.0116. The quantitative estimate of drug-likeness (QED) is 0.811. The maximum atomic E-state index is 13.0. The van der Waals surface area contributed by atoms with Crippen molar-refractivity contribution in [3.8, 4) is 5.75 Å². The number of nitrogens with zero attached hydrogens (tertiary/aromatic N) is 1. The summed E-state index contributed by atoms with van der Waals surface area (Å²) in [6.45, 7) is 4.70. The minimum Gasteiger partial charge on any atom is -0.497 e. The number of carbonyl (C=O) groups excluding carboxylic acids is 2. The van der Waals surface area contributed by atoms with Crippen LogP contribution < -0.4 is 10.1 Å². The summed E-state index contributed by atoms with van der Waals surface area (Å²) in [6, 6.07) is 11.8. The lowest BCUT2D eigenvalue weighted by molar-refractivity contribution is -0.119. The fraction of sp³-hybridized carbons (Fsp3) is 0.429. The molecule has 138 valence electrons. The first-order chi connectivity index (χ1) is 12.6. The van der Waals surface area contributed by atoms with Crippen LogP contribution in [-0.2, 0) is 4.79 Å². The zero-order chi connectivity index (χ0) is 18.5. The Labute approximate surface area is 154 Å². The Balaban J connectivity index is 1.67. The molecule has 1 amide bonds. The van der Waals surface area contributed by atoms with Crippen LogP contribution in [0, 0.1) is 5.92 Å². The van der Waals surface area contributed by atoms with Crippen molar-refractivity contribution in [3.63, 3.8) is 0 Å². The smallest absolute Gasteiger partial charge is 0.216 e. The Morgan fingerprint density at radius 2 is 1.96 bits per heavy atom. The molecule has 5 nitrogen and oxygen atoms in total. The van der Waals surface area contributed by atoms with Crippen LogP contribution in [0.25, 0.3) is 10.8 Å². The molecule has 0 radical (unpaired) electrons. The number of hydrogen-bond acceptors (Lipinski definition) is 4. The molecule has 0 spiro atoms. The molecule has 5 heteroatoms. The van der Waals surface area contributed by atoms with Crippen molar-refractivity contribution < 1.29 is 14.3 Å². The number of methoxy groups -OCH3 is 1. The van der Waals surface area contributed by atoms with Crippen LogP contribution in [0.3, 0.4) is 0 Å². The molecule has 1 N–H and O–H groups in total. The lowest BCUT2D eigenvalue weighted by atomic mass is 9.89. The van der Waals surface area contributed by atoms with Crippen molar-refractivity contribution in [3.05, 3.63) is 42.0 Å². The molecular weight excluding hydrogens is 328 g/mol. The predicted molar refractivity (Wildman–Crippen MR) is 103 cm³/mol. The van der Waals surface area contributed by atoms with E-state index in [1.54, 1.807) is 7.11 Å². The van der Waals surface area contributed by atoms with Gasteiger partial charge in [0.2, 0.25) is 5.91 Å². The van der Waals surface area contributed by atoms with E-state index in [1.165, 1.54) is 6.92 Å². The van der Waals surface area contributed by atoms with E-state index in [9.17, 15) is 9.59 Å². The molecule has 0 saturated carbocycles. The highest BCUT2D eigenvalue weighted by Crippen LogP contribution is 2.25. The van der Waals surface area contributed by atoms with Gasteiger partial charge in [0.1, 0.15) is 5.75 Å². The highest BCUT2D eigenvalue weighted by molar-refractivity contribution is 6.01. The summed E-state index contributed by atoms with van der Waals surface area (Å²) < 4.78 is 5.26. The van der Waals surface area contributed by atoms with Crippen molar-refractivity contribution in [2.45, 2.75) is 19.8 Å². The van der Waals surface area contributed by atoms with Crippen LogP contribution in [0.15, 0.2) is 36.4 Å². The molecular formula is C21H26N2O3. The van der Waals surface area contributed by atoms with Crippen LogP contribution >= 0.6 is 0 Å². The Kier molecular flexibility index (Phi) is 5.89. The maximum absolute atomic E-state index is 13.0. The van der Waals surface area contributed by atoms with Gasteiger partial charge in [-0.3, -0.25) is 9.59 Å². The number of ketones is 1. The summed E-state index contributed by atoms with van der Waals surface area (Å²) >= 11 is 0. The van der Waals surface area contributed by atoms with E-state index < -0.39 is 0 Å². The predicted octanol–water partition coefficient (Wildman–Crippen LogP) is 2.88. The number of piperidine rings is 1. The Bertz CT molecular complexity index is 803. The van der Waals surface area contributed by atoms with Gasteiger partial charge in [-0.25, -0.2) is 0 Å². The van der Waals surface area contributed by atoms with Crippen molar-refractivity contribution in [1.29, 1.82) is 0 Å². The van der Waals surface area contributed by atoms with Crippen molar-refractivity contribution in [1.82, 2.24) is 10.2 Å². The summed E-state index contributed by atoms with van der Waals surface area (Å²) in [5.41, 5.74) is 0.774. The monoisotopic (exact) mass is 354 g/mol. The van der Waals surface area contributed by atoms with E-state index in [4.69, 9.17) is 4.74 Å². The fourth-order valence-corrected chi connectivity index (χ4v) is 3.60. The number of amides is 1. The highest BCUT2D eigenvalue weighted by Gasteiger charge is 2.26. The molecule has 1 aliphatic rings. The first-order valence-corrected chi connectivity index (χ1v) is 9.15. The lowest BCUT2D eigenvalue weighted by Crippen LogP contribution is -2.42. The summed E-state index contributed by atoms with van der Waals surface area (Å²) in [5.74, 6) is 1.05. The first kappa shape index (κ1) is 18.4. The van der Waals surface area contributed by atoms with E-state index in [0.717, 1.165) is 54.6 Å². The summed E-state index contributed by atoms with van der Waals surface area (Å²) in [4.78, 5) is 26.2. The summed E-state index contributed by atoms with van der Waals surface area (Å²) in [6.07, 6.45) is 1.94. The molecule has 2 aromatic rings. The number of likely N-dealkylation sites (tertiary alicyclic amines) is 1. The van der Waals surface area contributed by atoms with Gasteiger partial charge >= 0.3 is 0 Å². The van der Waals surface area contributed by atoms with Crippen LogP contribution in [0.4, 0.5) is 0 Å². The molecule has 26 heavy (non-hydrogen) atoms. The van der Waals surface area contributed by atoms with Crippen LogP contribution in [0.5, 0.6) is 5.75 Å². The number of fused-ring (bicyclic) bond motifs is 1. The molecule has 1 unspecified atom stereocenters. The molecule has 0 bridgehead atoms. The van der Waals surface area contributed by atoms with E-state index in [0.29, 0.717) is 6.54 Å². The fourth-order valence-electron chi connectivity index (χ4n) is 3.60. The normalized spacial score (nSPS) is 17.8. The number of hydrogen-bond donors (Lipinski definition) is 1. The van der Waals surface area contributed by atoms with Crippen LogP contribution in [0.2, 0.25) is 0 Å². The second kappa shape index (κ2) is 8.32. The standard InChI is InChI=1S/C21H26N2O3/c1-15(24)22-9-11-23-10-3-4-19(14-23)21(25)18-6-5-17-13-20(26-2)8-7-16(17)12-18/h5-8,12-13,19H,3-4,9-11,14H2,1-2H3,(H,22,24). The number of benzene rings is 2. The van der Waals surface area contributed by atoms with Crippen molar-refractivity contribution in [2.75, 3.05) is 33.3 Å². The average molecular weight is 354 g/mol. The van der Waals surface area contributed by atoms with Gasteiger partial charge in [0.05, 0.1) is 7.11 Å². The van der Waals surface area contributed by atoms with Crippen LogP contribution in [0.1, 0.15) is 30.1 Å². The molecule has 1 aliphatic heterocycles. The molecule has 1 saturated heterocycles. The van der Waals surface area contributed by atoms with E-state index >= 15 is 0 Å². The third-order valence-electron chi connectivity index (χ3n) is 5.01. The van der Waals surface area contributed by atoms with E-state index in [1.807, 2.05) is 36.4 Å². The molecule has 3 rings (SSSR count). The summed E-state index contributed by atoms with van der Waals surface area (Å²) in [5, 5.41) is 4.94. The zero-order valence-electron chi connectivity index (χ0n) is 15.5. The third kappa shape index (κ3) is 4.41. The van der Waals surface area contributed by atoms with Gasteiger partial charge in [0, 0.05) is 38.0 Å². The summed E-state index contributed by atoms with van der Waals surface area (Å²) in [7, 11) is 1.65. The first-order valence-electron chi connectivity index (χ1n) is 9.15. The molecule has 0 aromatic heterocycles. The second-order valence-electron chi connectivity index (χ2n) is 6.91. The van der Waals surface area contributed by atoms with Gasteiger partial charge < -0.3 is 15.0 Å². The number of nitrogens with one attached hydrogen (secondary N) is 1. The topological polar surface area (TPSA) is 58.6 Å². The second-order valence-corrected chi connectivity index (χ2v) is 6.91. The number of rotatable bonds is 6. The molecule has 2 aromatic carbocycles. The third-order valence-corrected chi connectivity index (χ3v) is 5.01. The van der Waals surface area contributed by atoms with E-state index in [2.05, 4.69) is 10.2 Å². The number of carbonyl (C=O) groups is 2. The Morgan fingerprint density at radius 3 is 2.73 bits per heavy atom. The molecule has 0 aliphatic carbocycles. The van der Waals surface area contributed by atoms with Gasteiger partial charge in [0.15, 0.2) is 5.78 Å². The van der Waals surface area contributed by atoms with Gasteiger partial charge in [-0.15, -0.1) is 0 Å². The number of Topliss-reactive ketones (excluding diaryl/α,β-unsaturated/α-hetero) is 1. The van der Waals surface area contributed by atoms with Crippen molar-refractivity contribution in [2.24, 2.45) is 5.92 Å². The van der Waals surface area contributed by atoms with Crippen LogP contribution in [-0.4, -0.2) is 49.9 Å². The van der Waals surface area contributed by atoms with Gasteiger partial charge in [-0.05, 0) is 48.4 Å². The maximum Gasteiger partial charge on any atom is 0.216 e. The number of ether oxygens (including phenoxy) is 1. The van der Waals surface area contributed by atoms with E-state index in [-0.39, 0.29) is 17.6 Å². The lowest BCUT2D eigenvalue weighted by Gasteiger charge is -2.32. The van der Waals surface area contributed by atoms with Crippen molar-refractivity contribution >= 4 is 22.5 Å². The SMILES string of the molecule is COc1ccc2cc(C(=O)C3CCCN(CCNC(C)=O)C3)ccc2c1. The molecule has 1 fully saturated rings. The zero-order valence-corrected chi connectivity index (χ0v) is 15.5. The van der Waals surface area contributed by atoms with Gasteiger partial charge in [0.25, 0.3) is 0 Å². The van der Waals surface area contributed by atoms with Gasteiger partial charge in [-0.2, -0.15) is 0 Å². The van der Waals surface area contributed by atoms with Gasteiger partial charge in [-0.1, -0.05) is 18.2 Å². The molecule has 1 heterocycles.